The van der Waals surface area contributed by atoms with Gasteiger partial charge in [-0.2, -0.15) is 0 Å². The normalized spacial score (nSPS) is 15.9. The monoisotopic (exact) mass is 357 g/mol. The first kappa shape index (κ1) is 18.0. The number of nitrogens with zero attached hydrogens (tertiary/aromatic N) is 1. The molecule has 0 aromatic heterocycles. The van der Waals surface area contributed by atoms with Crippen LogP contribution in [0.2, 0.25) is 0 Å². The minimum Gasteiger partial charge on any atom is -0.380 e. The van der Waals surface area contributed by atoms with Gasteiger partial charge in [0.25, 0.3) is 0 Å². The molecule has 1 aliphatic heterocycles. The average molecular weight is 357 g/mol. The Morgan fingerprint density at radius 1 is 0.815 bits per heavy atom. The number of benzene rings is 3. The van der Waals surface area contributed by atoms with Crippen molar-refractivity contribution in [2.45, 2.75) is 25.5 Å². The van der Waals surface area contributed by atoms with E-state index >= 15 is 0 Å². The number of hydrogen-bond acceptors (Lipinski definition) is 2. The predicted octanol–water partition coefficient (Wildman–Crippen LogP) is 4.62. The smallest absolute Gasteiger partial charge is 0.118 e. The second-order valence-electron chi connectivity index (χ2n) is 7.65. The molecule has 3 aromatic rings. The van der Waals surface area contributed by atoms with E-state index in [0.717, 1.165) is 37.2 Å². The molecule has 27 heavy (non-hydrogen) atoms. The lowest BCUT2D eigenvalue weighted by atomic mass is 9.76. The van der Waals surface area contributed by atoms with Crippen molar-refractivity contribution in [3.63, 3.8) is 0 Å². The molecule has 3 aromatic carbocycles. The maximum Gasteiger partial charge on any atom is 0.118 e. The van der Waals surface area contributed by atoms with Gasteiger partial charge >= 0.3 is 0 Å². The number of rotatable bonds is 5. The van der Waals surface area contributed by atoms with E-state index in [1.54, 1.807) is 0 Å². The summed E-state index contributed by atoms with van der Waals surface area (Å²) in [4.78, 5) is 2.48. The largest absolute Gasteiger partial charge is 0.380 e. The van der Waals surface area contributed by atoms with Crippen LogP contribution in [-0.2, 0) is 18.6 Å². The highest BCUT2D eigenvalue weighted by Crippen LogP contribution is 2.37. The molecule has 0 saturated carbocycles. The summed E-state index contributed by atoms with van der Waals surface area (Å²) in [5.74, 6) is 0.0626. The highest BCUT2D eigenvalue weighted by atomic mass is 16.3. The summed E-state index contributed by atoms with van der Waals surface area (Å²) in [5.41, 5.74) is 3.79. The van der Waals surface area contributed by atoms with Crippen molar-refractivity contribution in [3.05, 3.63) is 107 Å². The van der Waals surface area contributed by atoms with Crippen LogP contribution in [0.25, 0.3) is 0 Å². The molecule has 1 unspecified atom stereocenters. The Morgan fingerprint density at radius 2 is 1.33 bits per heavy atom. The molecule has 0 saturated heterocycles. The van der Waals surface area contributed by atoms with Gasteiger partial charge in [-0.1, -0.05) is 91.9 Å². The zero-order valence-corrected chi connectivity index (χ0v) is 15.9. The molecular weight excluding hydrogens is 330 g/mol. The van der Waals surface area contributed by atoms with Crippen LogP contribution in [0, 0.1) is 5.92 Å². The van der Waals surface area contributed by atoms with E-state index in [2.05, 4.69) is 36.1 Å². The van der Waals surface area contributed by atoms with E-state index in [0.29, 0.717) is 0 Å². The quantitative estimate of drug-likeness (QED) is 0.720. The van der Waals surface area contributed by atoms with Crippen LogP contribution in [-0.4, -0.2) is 23.1 Å². The first-order valence-corrected chi connectivity index (χ1v) is 9.80. The first-order valence-electron chi connectivity index (χ1n) is 9.80. The predicted molar refractivity (Wildman–Crippen MR) is 110 cm³/mol. The fraction of sp³-hybridized carbons (Fsp3) is 0.280. The minimum atomic E-state index is -1.00. The van der Waals surface area contributed by atoms with Crippen molar-refractivity contribution in [2.75, 3.05) is 13.1 Å². The van der Waals surface area contributed by atoms with Gasteiger partial charge < -0.3 is 5.11 Å². The average Bonchev–Trinajstić information content (AvgIpc) is 2.74. The maximum absolute atomic E-state index is 11.9. The van der Waals surface area contributed by atoms with Gasteiger partial charge in [0.2, 0.25) is 0 Å². The lowest BCUT2D eigenvalue weighted by molar-refractivity contribution is 0.00541. The third-order valence-electron chi connectivity index (χ3n) is 5.88. The van der Waals surface area contributed by atoms with Gasteiger partial charge in [-0.25, -0.2) is 0 Å². The van der Waals surface area contributed by atoms with Gasteiger partial charge in [-0.3, -0.25) is 4.90 Å². The second kappa shape index (κ2) is 7.67. The van der Waals surface area contributed by atoms with E-state index in [1.165, 1.54) is 11.1 Å². The molecule has 2 heteroatoms. The third kappa shape index (κ3) is 3.55. The van der Waals surface area contributed by atoms with Crippen molar-refractivity contribution in [1.82, 2.24) is 4.90 Å². The van der Waals surface area contributed by atoms with Crippen molar-refractivity contribution in [3.8, 4) is 0 Å². The lowest BCUT2D eigenvalue weighted by Crippen LogP contribution is -2.43. The van der Waals surface area contributed by atoms with E-state index in [4.69, 9.17) is 0 Å². The molecule has 1 aliphatic rings. The van der Waals surface area contributed by atoms with Crippen LogP contribution in [0.15, 0.2) is 84.9 Å². The zero-order chi connectivity index (χ0) is 18.7. The molecule has 0 spiro atoms. The molecule has 138 valence electrons. The minimum absolute atomic E-state index is 0.0626. The van der Waals surface area contributed by atoms with Crippen LogP contribution in [0.3, 0.4) is 0 Å². The van der Waals surface area contributed by atoms with Crippen molar-refractivity contribution in [2.24, 2.45) is 5.92 Å². The van der Waals surface area contributed by atoms with Crippen LogP contribution < -0.4 is 0 Å². The van der Waals surface area contributed by atoms with E-state index < -0.39 is 5.60 Å². The maximum atomic E-state index is 11.9. The van der Waals surface area contributed by atoms with Gasteiger partial charge in [-0.05, 0) is 28.7 Å². The standard InChI is InChI=1S/C25H27NO/c1-20(18-26-17-16-21-10-8-9-11-22(21)19-26)25(27,23-12-4-2-5-13-23)24-14-6-3-7-15-24/h2-15,20,27H,16-19H2,1H3. The molecule has 0 fully saturated rings. The van der Waals surface area contributed by atoms with Gasteiger partial charge in [0, 0.05) is 25.6 Å². The third-order valence-corrected chi connectivity index (χ3v) is 5.88. The van der Waals surface area contributed by atoms with Gasteiger partial charge in [0.1, 0.15) is 5.60 Å². The molecule has 1 atom stereocenters. The van der Waals surface area contributed by atoms with Crippen molar-refractivity contribution < 1.29 is 5.11 Å². The molecule has 1 N–H and O–H groups in total. The fourth-order valence-corrected chi connectivity index (χ4v) is 4.35. The SMILES string of the molecule is CC(CN1CCc2ccccc2C1)C(O)(c1ccccc1)c1ccccc1. The molecule has 0 bridgehead atoms. The Kier molecular flexibility index (Phi) is 5.11. The number of fused-ring (bicyclic) bond motifs is 1. The zero-order valence-electron chi connectivity index (χ0n) is 15.9. The summed E-state index contributed by atoms with van der Waals surface area (Å²) >= 11 is 0. The topological polar surface area (TPSA) is 23.5 Å². The highest BCUT2D eigenvalue weighted by Gasteiger charge is 2.38. The van der Waals surface area contributed by atoms with Crippen molar-refractivity contribution in [1.29, 1.82) is 0 Å². The molecule has 1 heterocycles. The summed E-state index contributed by atoms with van der Waals surface area (Å²) < 4.78 is 0. The van der Waals surface area contributed by atoms with Crippen molar-refractivity contribution >= 4 is 0 Å². The summed E-state index contributed by atoms with van der Waals surface area (Å²) in [6.07, 6.45) is 1.08. The van der Waals surface area contributed by atoms with Gasteiger partial charge in [0.15, 0.2) is 0 Å². The van der Waals surface area contributed by atoms with Gasteiger partial charge in [0.05, 0.1) is 0 Å². The Balaban J connectivity index is 1.61. The van der Waals surface area contributed by atoms with E-state index in [9.17, 15) is 5.11 Å². The summed E-state index contributed by atoms with van der Waals surface area (Å²) in [7, 11) is 0. The molecule has 0 aliphatic carbocycles. The van der Waals surface area contributed by atoms with Crippen LogP contribution in [0.1, 0.15) is 29.2 Å². The summed E-state index contributed by atoms with van der Waals surface area (Å²) in [5, 5.41) is 11.9. The molecular formula is C25H27NO. The van der Waals surface area contributed by atoms with Crippen LogP contribution in [0.5, 0.6) is 0 Å². The first-order chi connectivity index (χ1) is 13.2. The van der Waals surface area contributed by atoms with E-state index in [-0.39, 0.29) is 5.92 Å². The van der Waals surface area contributed by atoms with Crippen LogP contribution >= 0.6 is 0 Å². The number of aliphatic hydroxyl groups is 1. The fourth-order valence-electron chi connectivity index (χ4n) is 4.35. The van der Waals surface area contributed by atoms with Crippen LogP contribution in [0.4, 0.5) is 0 Å². The summed E-state index contributed by atoms with van der Waals surface area (Å²) in [6, 6.07) is 28.9. The Labute approximate surface area is 162 Å². The molecule has 4 rings (SSSR count). The van der Waals surface area contributed by atoms with Gasteiger partial charge in [-0.15, -0.1) is 0 Å². The molecule has 2 nitrogen and oxygen atoms in total. The Bertz CT molecular complexity index is 836. The molecule has 0 radical (unpaired) electrons. The van der Waals surface area contributed by atoms with E-state index in [1.807, 2.05) is 60.7 Å². The summed E-state index contributed by atoms with van der Waals surface area (Å²) in [6.45, 7) is 5.02. The molecule has 0 amide bonds. The number of hydrogen-bond donors (Lipinski definition) is 1. The lowest BCUT2D eigenvalue weighted by Gasteiger charge is -2.39. The Hall–Kier alpha value is -2.42. The Morgan fingerprint density at radius 3 is 1.93 bits per heavy atom. The highest BCUT2D eigenvalue weighted by molar-refractivity contribution is 5.37. The second-order valence-corrected chi connectivity index (χ2v) is 7.65.